The number of anilines is 1. The molecule has 5 rings (SSSR count). The van der Waals surface area contributed by atoms with Crippen LogP contribution in [0.25, 0.3) is 0 Å². The van der Waals surface area contributed by atoms with Crippen LogP contribution in [0.3, 0.4) is 0 Å². The van der Waals surface area contributed by atoms with Crippen molar-refractivity contribution in [1.82, 2.24) is 4.90 Å². The average Bonchev–Trinajstić information content (AvgIpc) is 3.55. The van der Waals surface area contributed by atoms with Crippen molar-refractivity contribution in [3.63, 3.8) is 0 Å². The summed E-state index contributed by atoms with van der Waals surface area (Å²) in [7, 11) is -0.635. The maximum atomic E-state index is 13.7. The van der Waals surface area contributed by atoms with Crippen LogP contribution in [0.5, 0.6) is 5.75 Å². The minimum Gasteiger partial charge on any atom is -0.497 e. The molecule has 2 aromatic carbocycles. The minimum atomic E-state index is -2.29. The van der Waals surface area contributed by atoms with E-state index in [1.165, 1.54) is 5.19 Å². The molecule has 0 aliphatic carbocycles. The van der Waals surface area contributed by atoms with Crippen LogP contribution in [0.1, 0.15) is 31.7 Å². The molecule has 9 heteroatoms. The number of nitrogens with one attached hydrogen (secondary N) is 1. The number of aliphatic hydroxyl groups excluding tert-OH is 1. The van der Waals surface area contributed by atoms with Gasteiger partial charge in [0.05, 0.1) is 40.4 Å². The van der Waals surface area contributed by atoms with E-state index in [2.05, 4.69) is 53.4 Å². The Balaban J connectivity index is 1.57. The lowest BCUT2D eigenvalue weighted by atomic mass is 9.82. The van der Waals surface area contributed by atoms with Crippen LogP contribution >= 0.6 is 15.9 Å². The summed E-state index contributed by atoms with van der Waals surface area (Å²) in [4.78, 5) is 29.1. The van der Waals surface area contributed by atoms with Gasteiger partial charge in [-0.25, -0.2) is 0 Å². The number of aliphatic hydroxyl groups is 1. The normalized spacial score (nSPS) is 29.0. The number of carbonyl (C=O) groups is 2. The van der Waals surface area contributed by atoms with Gasteiger partial charge in [-0.3, -0.25) is 9.59 Å². The summed E-state index contributed by atoms with van der Waals surface area (Å²) in [5.41, 5.74) is 0.422. The summed E-state index contributed by atoms with van der Waals surface area (Å²) in [6.07, 6.45) is 1.47. The molecule has 3 heterocycles. The van der Waals surface area contributed by atoms with Gasteiger partial charge in [-0.15, -0.1) is 0 Å². The van der Waals surface area contributed by atoms with E-state index in [0.29, 0.717) is 6.54 Å². The quantitative estimate of drug-likeness (QED) is 0.499. The lowest BCUT2D eigenvalue weighted by molar-refractivity contribution is -0.148. The van der Waals surface area contributed by atoms with Crippen LogP contribution in [0.15, 0.2) is 46.9 Å². The number of carbonyl (C=O) groups excluding carboxylic acids is 2. The summed E-state index contributed by atoms with van der Waals surface area (Å²) in [6, 6.07) is 13.8. The number of rotatable bonds is 6. The molecule has 0 radical (unpaired) electrons. The highest BCUT2D eigenvalue weighted by Gasteiger charge is 2.65. The van der Waals surface area contributed by atoms with Crippen molar-refractivity contribution in [2.24, 2.45) is 5.92 Å². The Labute approximate surface area is 227 Å². The predicted molar refractivity (Wildman–Crippen MR) is 149 cm³/mol. The number of hydrogen-bond donors (Lipinski definition) is 2. The van der Waals surface area contributed by atoms with E-state index in [9.17, 15) is 14.7 Å². The molecule has 2 N–H and O–H groups in total. The van der Waals surface area contributed by atoms with E-state index >= 15 is 0 Å². The zero-order valence-corrected chi connectivity index (χ0v) is 24.4. The van der Waals surface area contributed by atoms with E-state index < -0.39 is 19.8 Å². The molecule has 2 saturated heterocycles. The number of amides is 2. The number of hydrogen-bond acceptors (Lipinski definition) is 5. The van der Waals surface area contributed by atoms with Crippen LogP contribution < -0.4 is 15.2 Å². The molecule has 0 saturated carbocycles. The Morgan fingerprint density at radius 1 is 1.27 bits per heavy atom. The third-order valence-corrected chi connectivity index (χ3v) is 13.7. The second-order valence-electron chi connectivity index (χ2n) is 11.1. The van der Waals surface area contributed by atoms with Gasteiger partial charge >= 0.3 is 0 Å². The molecule has 7 nitrogen and oxygen atoms in total. The maximum absolute atomic E-state index is 13.7. The number of likely N-dealkylation sites (tertiary alicyclic amines) is 1. The lowest BCUT2D eigenvalue weighted by Gasteiger charge is -2.37. The first kappa shape index (κ1) is 26.4. The van der Waals surface area contributed by atoms with Crippen LogP contribution in [0.4, 0.5) is 5.69 Å². The van der Waals surface area contributed by atoms with Gasteiger partial charge in [0.15, 0.2) is 5.60 Å². The molecular formula is C28H35BrN2O5Si. The van der Waals surface area contributed by atoms with Gasteiger partial charge < -0.3 is 24.8 Å². The number of halogens is 1. The molecule has 198 valence electrons. The molecule has 2 fully saturated rings. The van der Waals surface area contributed by atoms with E-state index in [1.807, 2.05) is 30.3 Å². The largest absolute Gasteiger partial charge is 0.497 e. The summed E-state index contributed by atoms with van der Waals surface area (Å²) in [5.74, 6) is 0.465. The summed E-state index contributed by atoms with van der Waals surface area (Å²) in [5, 5.41) is 14.1. The zero-order valence-electron chi connectivity index (χ0n) is 21.8. The smallest absolute Gasteiger partial charge is 0.261 e. The summed E-state index contributed by atoms with van der Waals surface area (Å²) in [6.45, 7) is 7.33. The fraction of sp³-hybridized carbons (Fsp3) is 0.500. The van der Waals surface area contributed by atoms with E-state index in [0.717, 1.165) is 34.3 Å². The van der Waals surface area contributed by atoms with E-state index in [1.54, 1.807) is 12.0 Å². The SMILES string of the molecule is COc1ccc([Si](C)(C)[C@H]2[C@H](CC(=O)N3CCC[C@H]3CO)O[C@@]3(C(=O)Nc4ccc(Br)cc43)[C@@H]2C)cc1. The van der Waals surface area contributed by atoms with Crippen molar-refractivity contribution in [3.05, 3.63) is 52.5 Å². The van der Waals surface area contributed by atoms with Gasteiger partial charge in [0.1, 0.15) is 5.75 Å². The van der Waals surface area contributed by atoms with Crippen LogP contribution in [-0.2, 0) is 19.9 Å². The molecule has 0 aromatic heterocycles. The van der Waals surface area contributed by atoms with Crippen molar-refractivity contribution in [2.75, 3.05) is 25.6 Å². The molecule has 1 spiro atoms. The monoisotopic (exact) mass is 586 g/mol. The number of ether oxygens (including phenoxy) is 2. The molecular weight excluding hydrogens is 552 g/mol. The zero-order chi connectivity index (χ0) is 26.5. The average molecular weight is 588 g/mol. The highest BCUT2D eigenvalue weighted by atomic mass is 79.9. The van der Waals surface area contributed by atoms with E-state index in [4.69, 9.17) is 9.47 Å². The first-order valence-electron chi connectivity index (χ1n) is 13.0. The highest BCUT2D eigenvalue weighted by Crippen LogP contribution is 2.58. The molecule has 0 bridgehead atoms. The standard InChI is InChI=1S/C28H35BrN2O5Si/c1-17-26(37(3,4)21-10-8-20(35-2)9-11-21)24(15-25(33)31-13-5-6-19(31)16-32)36-28(17)22-14-18(29)7-12-23(22)30-27(28)34/h7-12,14,17,19,24,26,32H,5-6,13,15-16H2,1-4H3,(H,30,34)/t17-,19+,24+,26-,28+/m1/s1. The Hall–Kier alpha value is -2.20. The number of methoxy groups -OCH3 is 1. The van der Waals surface area contributed by atoms with Crippen LogP contribution in [0, 0.1) is 5.92 Å². The van der Waals surface area contributed by atoms with Crippen molar-refractivity contribution >= 4 is 46.7 Å². The van der Waals surface area contributed by atoms with Gasteiger partial charge in [0.25, 0.3) is 5.91 Å². The third kappa shape index (κ3) is 4.24. The Morgan fingerprint density at radius 2 is 2.00 bits per heavy atom. The number of fused-ring (bicyclic) bond motifs is 2. The second-order valence-corrected chi connectivity index (χ2v) is 16.7. The number of nitrogens with zero attached hydrogens (tertiary/aromatic N) is 1. The highest BCUT2D eigenvalue weighted by molar-refractivity contribution is 9.10. The topological polar surface area (TPSA) is 88.1 Å². The molecule has 2 aromatic rings. The third-order valence-electron chi connectivity index (χ3n) is 8.84. The lowest BCUT2D eigenvalue weighted by Crippen LogP contribution is -2.52. The molecule has 37 heavy (non-hydrogen) atoms. The van der Waals surface area contributed by atoms with Gasteiger partial charge in [-0.1, -0.05) is 53.3 Å². The molecule has 5 atom stereocenters. The first-order valence-corrected chi connectivity index (χ1v) is 16.8. The molecule has 3 aliphatic heterocycles. The first-order chi connectivity index (χ1) is 17.6. The summed E-state index contributed by atoms with van der Waals surface area (Å²) < 4.78 is 13.1. The summed E-state index contributed by atoms with van der Waals surface area (Å²) >= 11 is 3.57. The van der Waals surface area contributed by atoms with E-state index in [-0.39, 0.29) is 42.3 Å². The van der Waals surface area contributed by atoms with Crippen LogP contribution in [0.2, 0.25) is 18.6 Å². The van der Waals surface area contributed by atoms with Gasteiger partial charge in [-0.05, 0) is 48.7 Å². The Bertz CT molecular complexity index is 1210. The minimum absolute atomic E-state index is 0.00398. The van der Waals surface area contributed by atoms with Gasteiger partial charge in [0.2, 0.25) is 5.91 Å². The maximum Gasteiger partial charge on any atom is 0.261 e. The predicted octanol–water partition coefficient (Wildman–Crippen LogP) is 4.00. The molecule has 2 amide bonds. The molecule has 3 aliphatic rings. The van der Waals surface area contributed by atoms with Crippen molar-refractivity contribution in [1.29, 1.82) is 0 Å². The van der Waals surface area contributed by atoms with Gasteiger partial charge in [0, 0.05) is 28.2 Å². The fourth-order valence-corrected chi connectivity index (χ4v) is 11.3. The van der Waals surface area contributed by atoms with Gasteiger partial charge in [-0.2, -0.15) is 0 Å². The Kier molecular flexibility index (Phi) is 7.02. The Morgan fingerprint density at radius 3 is 2.68 bits per heavy atom. The van der Waals surface area contributed by atoms with Crippen molar-refractivity contribution in [3.8, 4) is 5.75 Å². The van der Waals surface area contributed by atoms with Crippen LogP contribution in [-0.4, -0.2) is 62.3 Å². The van der Waals surface area contributed by atoms with Crippen molar-refractivity contribution in [2.45, 2.75) is 62.6 Å². The fourth-order valence-electron chi connectivity index (χ4n) is 6.95. The molecule has 0 unspecified atom stereocenters. The van der Waals surface area contributed by atoms with Crippen molar-refractivity contribution < 1.29 is 24.2 Å². The second kappa shape index (κ2) is 9.84. The number of benzene rings is 2.